The Morgan fingerprint density at radius 2 is 1.88 bits per heavy atom. The molecular formula is C18H24N2O4. The summed E-state index contributed by atoms with van der Waals surface area (Å²) in [6, 6.07) is 7.26. The average Bonchev–Trinajstić information content (AvgIpc) is 2.60. The van der Waals surface area contributed by atoms with E-state index in [2.05, 4.69) is 5.32 Å². The van der Waals surface area contributed by atoms with Crippen molar-refractivity contribution in [2.75, 3.05) is 26.2 Å². The number of ether oxygens (including phenoxy) is 1. The topological polar surface area (TPSA) is 75.7 Å². The van der Waals surface area contributed by atoms with Gasteiger partial charge in [0, 0.05) is 18.7 Å². The molecule has 0 radical (unpaired) electrons. The van der Waals surface area contributed by atoms with Crippen molar-refractivity contribution in [1.82, 2.24) is 10.2 Å². The number of nitrogens with zero attached hydrogens (tertiary/aromatic N) is 1. The molecule has 6 nitrogen and oxygen atoms in total. The van der Waals surface area contributed by atoms with Crippen LogP contribution in [0.2, 0.25) is 0 Å². The lowest BCUT2D eigenvalue weighted by Crippen LogP contribution is -2.45. The second-order valence-electron chi connectivity index (χ2n) is 5.90. The van der Waals surface area contributed by atoms with Crippen LogP contribution in [0.25, 0.3) is 0 Å². The smallest absolute Gasteiger partial charge is 0.309 e. The number of aryl methyl sites for hydroxylation is 1. The first kappa shape index (κ1) is 18.0. The highest BCUT2D eigenvalue weighted by atomic mass is 16.5. The minimum atomic E-state index is -0.247. The minimum absolute atomic E-state index is 0.0305. The number of hydrogen-bond donors (Lipinski definition) is 1. The largest absolute Gasteiger partial charge is 0.466 e. The van der Waals surface area contributed by atoms with Gasteiger partial charge in [0.2, 0.25) is 5.91 Å². The van der Waals surface area contributed by atoms with Gasteiger partial charge in [0.1, 0.15) is 0 Å². The molecule has 1 fully saturated rings. The van der Waals surface area contributed by atoms with Gasteiger partial charge in [-0.3, -0.25) is 14.4 Å². The summed E-state index contributed by atoms with van der Waals surface area (Å²) in [5, 5.41) is 2.67. The molecule has 0 aromatic heterocycles. The van der Waals surface area contributed by atoms with E-state index in [0.717, 1.165) is 5.56 Å². The van der Waals surface area contributed by atoms with Crippen LogP contribution in [-0.2, 0) is 14.3 Å². The Hall–Kier alpha value is -2.37. The molecular weight excluding hydrogens is 308 g/mol. The first-order valence-electron chi connectivity index (χ1n) is 8.31. The quantitative estimate of drug-likeness (QED) is 0.830. The molecule has 2 rings (SSSR count). The van der Waals surface area contributed by atoms with Crippen LogP contribution in [-0.4, -0.2) is 48.9 Å². The molecule has 0 bridgehead atoms. The standard InChI is InChI=1S/C18H24N2O4/c1-3-24-18(23)14-8-10-20(11-9-14)16(21)12-19-17(22)15-7-5-4-6-13(15)2/h4-7,14H,3,8-12H2,1-2H3,(H,19,22). The van der Waals surface area contributed by atoms with Crippen molar-refractivity contribution in [3.8, 4) is 0 Å². The van der Waals surface area contributed by atoms with E-state index >= 15 is 0 Å². The van der Waals surface area contributed by atoms with E-state index in [4.69, 9.17) is 4.74 Å². The fraction of sp³-hybridized carbons (Fsp3) is 0.500. The molecule has 0 aliphatic carbocycles. The van der Waals surface area contributed by atoms with E-state index in [0.29, 0.717) is 38.1 Å². The van der Waals surface area contributed by atoms with Crippen LogP contribution in [0.1, 0.15) is 35.7 Å². The summed E-state index contributed by atoms with van der Waals surface area (Å²) in [5.74, 6) is -0.685. The summed E-state index contributed by atoms with van der Waals surface area (Å²) in [6.45, 7) is 5.02. The van der Waals surface area contributed by atoms with Gasteiger partial charge in [0.05, 0.1) is 19.1 Å². The number of likely N-dealkylation sites (tertiary alicyclic amines) is 1. The summed E-state index contributed by atoms with van der Waals surface area (Å²) in [7, 11) is 0. The van der Waals surface area contributed by atoms with Gasteiger partial charge >= 0.3 is 5.97 Å². The molecule has 6 heteroatoms. The van der Waals surface area contributed by atoms with Crippen molar-refractivity contribution in [3.63, 3.8) is 0 Å². The van der Waals surface area contributed by atoms with Gasteiger partial charge in [-0.1, -0.05) is 18.2 Å². The van der Waals surface area contributed by atoms with Gasteiger partial charge in [-0.05, 0) is 38.3 Å². The predicted molar refractivity (Wildman–Crippen MR) is 89.4 cm³/mol. The van der Waals surface area contributed by atoms with E-state index < -0.39 is 0 Å². The number of hydrogen-bond acceptors (Lipinski definition) is 4. The number of benzene rings is 1. The molecule has 0 saturated carbocycles. The molecule has 0 unspecified atom stereocenters. The van der Waals surface area contributed by atoms with E-state index in [1.165, 1.54) is 0 Å². The Bertz CT molecular complexity index is 607. The predicted octanol–water partition coefficient (Wildman–Crippen LogP) is 1.53. The molecule has 1 saturated heterocycles. The molecule has 0 spiro atoms. The highest BCUT2D eigenvalue weighted by Gasteiger charge is 2.28. The van der Waals surface area contributed by atoms with Crippen LogP contribution < -0.4 is 5.32 Å². The molecule has 1 aromatic rings. The van der Waals surface area contributed by atoms with Gasteiger partial charge in [0.25, 0.3) is 5.91 Å². The van der Waals surface area contributed by atoms with Gasteiger partial charge < -0.3 is 15.0 Å². The number of carbonyl (C=O) groups excluding carboxylic acids is 3. The second kappa shape index (κ2) is 8.47. The number of piperidine rings is 1. The molecule has 1 aliphatic rings. The maximum atomic E-state index is 12.2. The van der Waals surface area contributed by atoms with Crippen molar-refractivity contribution in [2.45, 2.75) is 26.7 Å². The zero-order valence-corrected chi connectivity index (χ0v) is 14.2. The van der Waals surface area contributed by atoms with E-state index in [-0.39, 0.29) is 30.2 Å². The fourth-order valence-electron chi connectivity index (χ4n) is 2.82. The number of esters is 1. The summed E-state index contributed by atoms with van der Waals surface area (Å²) < 4.78 is 5.02. The Morgan fingerprint density at radius 1 is 1.21 bits per heavy atom. The Labute approximate surface area is 142 Å². The average molecular weight is 332 g/mol. The highest BCUT2D eigenvalue weighted by Crippen LogP contribution is 2.18. The normalized spacial score (nSPS) is 15.0. The van der Waals surface area contributed by atoms with Crippen molar-refractivity contribution in [3.05, 3.63) is 35.4 Å². The van der Waals surface area contributed by atoms with Gasteiger partial charge in [-0.25, -0.2) is 0 Å². The summed E-state index contributed by atoms with van der Waals surface area (Å²) in [6.07, 6.45) is 1.21. The van der Waals surface area contributed by atoms with Gasteiger partial charge in [-0.15, -0.1) is 0 Å². The number of rotatable bonds is 5. The molecule has 1 heterocycles. The third-order valence-corrected chi connectivity index (χ3v) is 4.26. The molecule has 1 aromatic carbocycles. The number of amides is 2. The Balaban J connectivity index is 1.79. The van der Waals surface area contributed by atoms with Gasteiger partial charge in [-0.2, -0.15) is 0 Å². The summed E-state index contributed by atoms with van der Waals surface area (Å²) in [4.78, 5) is 37.7. The molecule has 130 valence electrons. The fourth-order valence-corrected chi connectivity index (χ4v) is 2.82. The second-order valence-corrected chi connectivity index (χ2v) is 5.90. The van der Waals surface area contributed by atoms with Crippen LogP contribution in [0.3, 0.4) is 0 Å². The lowest BCUT2D eigenvalue weighted by atomic mass is 9.97. The van der Waals surface area contributed by atoms with E-state index in [1.807, 2.05) is 19.1 Å². The molecule has 0 atom stereocenters. The summed E-state index contributed by atoms with van der Waals surface area (Å²) >= 11 is 0. The zero-order chi connectivity index (χ0) is 17.5. The summed E-state index contributed by atoms with van der Waals surface area (Å²) in [5.41, 5.74) is 1.45. The molecule has 24 heavy (non-hydrogen) atoms. The Morgan fingerprint density at radius 3 is 2.50 bits per heavy atom. The maximum absolute atomic E-state index is 12.2. The van der Waals surface area contributed by atoms with Crippen LogP contribution in [0.5, 0.6) is 0 Å². The first-order valence-corrected chi connectivity index (χ1v) is 8.31. The third kappa shape index (κ3) is 4.57. The Kier molecular flexibility index (Phi) is 6.35. The van der Waals surface area contributed by atoms with Crippen molar-refractivity contribution in [1.29, 1.82) is 0 Å². The van der Waals surface area contributed by atoms with Crippen LogP contribution in [0.4, 0.5) is 0 Å². The minimum Gasteiger partial charge on any atom is -0.466 e. The maximum Gasteiger partial charge on any atom is 0.309 e. The SMILES string of the molecule is CCOC(=O)C1CCN(C(=O)CNC(=O)c2ccccc2C)CC1. The lowest BCUT2D eigenvalue weighted by Gasteiger charge is -2.31. The van der Waals surface area contributed by atoms with Crippen molar-refractivity contribution in [2.24, 2.45) is 5.92 Å². The van der Waals surface area contributed by atoms with Crippen LogP contribution in [0, 0.1) is 12.8 Å². The number of carbonyl (C=O) groups is 3. The molecule has 1 N–H and O–H groups in total. The third-order valence-electron chi connectivity index (χ3n) is 4.26. The lowest BCUT2D eigenvalue weighted by molar-refractivity contribution is -0.151. The zero-order valence-electron chi connectivity index (χ0n) is 14.2. The van der Waals surface area contributed by atoms with Crippen LogP contribution in [0.15, 0.2) is 24.3 Å². The van der Waals surface area contributed by atoms with E-state index in [1.54, 1.807) is 24.0 Å². The first-order chi connectivity index (χ1) is 11.5. The monoisotopic (exact) mass is 332 g/mol. The van der Waals surface area contributed by atoms with Gasteiger partial charge in [0.15, 0.2) is 0 Å². The highest BCUT2D eigenvalue weighted by molar-refractivity contribution is 5.97. The van der Waals surface area contributed by atoms with Crippen molar-refractivity contribution >= 4 is 17.8 Å². The molecule has 1 aliphatic heterocycles. The van der Waals surface area contributed by atoms with E-state index in [9.17, 15) is 14.4 Å². The number of nitrogens with one attached hydrogen (secondary N) is 1. The van der Waals surface area contributed by atoms with Crippen molar-refractivity contribution < 1.29 is 19.1 Å². The van der Waals surface area contributed by atoms with Crippen LogP contribution >= 0.6 is 0 Å². The molecule has 2 amide bonds.